The van der Waals surface area contributed by atoms with Crippen molar-refractivity contribution in [2.75, 3.05) is 19.6 Å². The molecule has 4 nitrogen and oxygen atoms in total. The van der Waals surface area contributed by atoms with Crippen molar-refractivity contribution in [3.05, 3.63) is 71.8 Å². The van der Waals surface area contributed by atoms with Crippen molar-refractivity contribution in [2.24, 2.45) is 11.8 Å². The predicted octanol–water partition coefficient (Wildman–Crippen LogP) is 4.26. The molecular formula is C26H34N2O2. The number of carbonyl (C=O) groups excluding carboxylic acids is 1. The minimum absolute atomic E-state index is 0.00178. The van der Waals surface area contributed by atoms with Gasteiger partial charge in [0.05, 0.1) is 0 Å². The van der Waals surface area contributed by atoms with E-state index in [0.717, 1.165) is 50.8 Å². The summed E-state index contributed by atoms with van der Waals surface area (Å²) >= 11 is 0. The highest BCUT2D eigenvalue weighted by molar-refractivity contribution is 5.86. The molecule has 1 amide bonds. The van der Waals surface area contributed by atoms with Crippen molar-refractivity contribution in [1.82, 2.24) is 10.2 Å². The molecule has 2 fully saturated rings. The van der Waals surface area contributed by atoms with Crippen molar-refractivity contribution >= 4 is 5.91 Å². The molecule has 1 heterocycles. The first-order valence-corrected chi connectivity index (χ1v) is 11.4. The number of benzene rings is 2. The van der Waals surface area contributed by atoms with Crippen LogP contribution in [0.4, 0.5) is 0 Å². The quantitative estimate of drug-likeness (QED) is 0.722. The Hall–Kier alpha value is -2.17. The first-order valence-electron chi connectivity index (χ1n) is 11.4. The summed E-state index contributed by atoms with van der Waals surface area (Å²) in [5, 5.41) is 14.7. The standard InChI is InChI=1S/C26H34N2O2/c1-20(22-10-4-2-5-11-22)28-17-16-21(19-28)18-27-25(29)26(30,24-14-8-9-15-24)23-12-6-3-7-13-23/h2-7,10-13,20-21,24,30H,8-9,14-19H2,1H3,(H,27,29)/t20-,21?,26?/m1/s1. The van der Waals surface area contributed by atoms with Gasteiger partial charge in [0, 0.05) is 25.0 Å². The first-order chi connectivity index (χ1) is 14.6. The molecule has 1 saturated heterocycles. The third-order valence-electron chi connectivity index (χ3n) is 7.20. The molecule has 1 aliphatic carbocycles. The normalized spacial score (nSPS) is 23.2. The monoisotopic (exact) mass is 406 g/mol. The number of aliphatic hydroxyl groups is 1. The molecule has 2 unspecified atom stereocenters. The fraction of sp³-hybridized carbons (Fsp3) is 0.500. The largest absolute Gasteiger partial charge is 0.375 e. The van der Waals surface area contributed by atoms with E-state index in [2.05, 4.69) is 47.5 Å². The fourth-order valence-corrected chi connectivity index (χ4v) is 5.28. The van der Waals surface area contributed by atoms with E-state index in [1.807, 2.05) is 30.3 Å². The number of nitrogens with one attached hydrogen (secondary N) is 1. The lowest BCUT2D eigenvalue weighted by molar-refractivity contribution is -0.147. The molecule has 160 valence electrons. The molecule has 2 aliphatic rings. The lowest BCUT2D eigenvalue weighted by Gasteiger charge is -2.33. The first kappa shape index (κ1) is 21.1. The molecule has 3 atom stereocenters. The van der Waals surface area contributed by atoms with Crippen LogP contribution in [-0.4, -0.2) is 35.5 Å². The van der Waals surface area contributed by atoms with Crippen LogP contribution in [-0.2, 0) is 10.4 Å². The van der Waals surface area contributed by atoms with Gasteiger partial charge in [-0.2, -0.15) is 0 Å². The molecule has 4 heteroatoms. The highest BCUT2D eigenvalue weighted by Gasteiger charge is 2.46. The van der Waals surface area contributed by atoms with Gasteiger partial charge in [0.25, 0.3) is 5.91 Å². The van der Waals surface area contributed by atoms with Gasteiger partial charge in [-0.05, 0) is 49.8 Å². The molecule has 30 heavy (non-hydrogen) atoms. The summed E-state index contributed by atoms with van der Waals surface area (Å²) in [7, 11) is 0. The summed E-state index contributed by atoms with van der Waals surface area (Å²) in [5.41, 5.74) is 0.634. The van der Waals surface area contributed by atoms with Crippen molar-refractivity contribution in [2.45, 2.75) is 50.7 Å². The topological polar surface area (TPSA) is 52.6 Å². The summed E-state index contributed by atoms with van der Waals surface area (Å²) in [5.74, 6) is 0.192. The van der Waals surface area contributed by atoms with Gasteiger partial charge in [0.1, 0.15) is 0 Å². The molecule has 0 spiro atoms. The molecule has 1 saturated carbocycles. The minimum atomic E-state index is -1.42. The molecule has 0 aromatic heterocycles. The summed E-state index contributed by atoms with van der Waals surface area (Å²) in [6.07, 6.45) is 5.06. The summed E-state index contributed by atoms with van der Waals surface area (Å²) in [6, 6.07) is 20.5. The average Bonchev–Trinajstić information content (AvgIpc) is 3.50. The number of carbonyl (C=O) groups is 1. The highest BCUT2D eigenvalue weighted by Crippen LogP contribution is 2.41. The van der Waals surface area contributed by atoms with Gasteiger partial charge in [-0.15, -0.1) is 0 Å². The van der Waals surface area contributed by atoms with E-state index in [9.17, 15) is 9.90 Å². The van der Waals surface area contributed by atoms with Crippen LogP contribution >= 0.6 is 0 Å². The number of hydrogen-bond donors (Lipinski definition) is 2. The van der Waals surface area contributed by atoms with Crippen LogP contribution in [0.25, 0.3) is 0 Å². The van der Waals surface area contributed by atoms with Crippen molar-refractivity contribution in [3.63, 3.8) is 0 Å². The van der Waals surface area contributed by atoms with Gasteiger partial charge >= 0.3 is 0 Å². The second-order valence-corrected chi connectivity index (χ2v) is 9.06. The highest BCUT2D eigenvalue weighted by atomic mass is 16.3. The van der Waals surface area contributed by atoms with Crippen molar-refractivity contribution in [1.29, 1.82) is 0 Å². The van der Waals surface area contributed by atoms with Gasteiger partial charge in [-0.25, -0.2) is 0 Å². The Balaban J connectivity index is 1.38. The van der Waals surface area contributed by atoms with Crippen LogP contribution in [0, 0.1) is 11.8 Å². The van der Waals surface area contributed by atoms with Gasteiger partial charge in [0.2, 0.25) is 0 Å². The number of nitrogens with zero attached hydrogens (tertiary/aromatic N) is 1. The van der Waals surface area contributed by atoms with Crippen LogP contribution in [0.5, 0.6) is 0 Å². The van der Waals surface area contributed by atoms with E-state index in [4.69, 9.17) is 0 Å². The van der Waals surface area contributed by atoms with E-state index in [1.54, 1.807) is 0 Å². The van der Waals surface area contributed by atoms with E-state index in [0.29, 0.717) is 18.5 Å². The third kappa shape index (κ3) is 4.30. The minimum Gasteiger partial charge on any atom is -0.375 e. The Morgan fingerprint density at radius 3 is 2.37 bits per heavy atom. The smallest absolute Gasteiger partial charge is 0.256 e. The maximum atomic E-state index is 13.3. The molecule has 0 bridgehead atoms. The lowest BCUT2D eigenvalue weighted by Crippen LogP contribution is -2.50. The van der Waals surface area contributed by atoms with E-state index in [1.165, 1.54) is 5.56 Å². The molecule has 4 rings (SSSR count). The van der Waals surface area contributed by atoms with Gasteiger partial charge in [0.15, 0.2) is 5.60 Å². The van der Waals surface area contributed by atoms with E-state index in [-0.39, 0.29) is 11.8 Å². The fourth-order valence-electron chi connectivity index (χ4n) is 5.28. The Bertz CT molecular complexity index is 819. The van der Waals surface area contributed by atoms with Gasteiger partial charge in [-0.3, -0.25) is 9.69 Å². The molecular weight excluding hydrogens is 372 g/mol. The predicted molar refractivity (Wildman–Crippen MR) is 120 cm³/mol. The van der Waals surface area contributed by atoms with E-state index >= 15 is 0 Å². The van der Waals surface area contributed by atoms with Crippen LogP contribution in [0.15, 0.2) is 60.7 Å². The van der Waals surface area contributed by atoms with Crippen LogP contribution in [0.1, 0.15) is 56.2 Å². The summed E-state index contributed by atoms with van der Waals surface area (Å²) in [6.45, 7) is 4.90. The number of rotatable bonds is 7. The Morgan fingerprint density at radius 1 is 1.07 bits per heavy atom. The third-order valence-corrected chi connectivity index (χ3v) is 7.20. The molecule has 0 radical (unpaired) electrons. The second kappa shape index (κ2) is 9.32. The van der Waals surface area contributed by atoms with Gasteiger partial charge < -0.3 is 10.4 Å². The Morgan fingerprint density at radius 2 is 1.70 bits per heavy atom. The molecule has 2 aromatic carbocycles. The van der Waals surface area contributed by atoms with Crippen LogP contribution in [0.3, 0.4) is 0 Å². The van der Waals surface area contributed by atoms with Crippen LogP contribution in [0.2, 0.25) is 0 Å². The Labute approximate surface area is 180 Å². The average molecular weight is 407 g/mol. The molecule has 2 aromatic rings. The summed E-state index contributed by atoms with van der Waals surface area (Å²) < 4.78 is 0. The Kier molecular flexibility index (Phi) is 6.55. The maximum absolute atomic E-state index is 13.3. The van der Waals surface area contributed by atoms with Crippen molar-refractivity contribution in [3.8, 4) is 0 Å². The molecule has 2 N–H and O–H groups in total. The van der Waals surface area contributed by atoms with Crippen LogP contribution < -0.4 is 5.32 Å². The number of amides is 1. The van der Waals surface area contributed by atoms with Crippen molar-refractivity contribution < 1.29 is 9.90 Å². The van der Waals surface area contributed by atoms with E-state index < -0.39 is 5.60 Å². The zero-order valence-corrected chi connectivity index (χ0v) is 18.0. The summed E-state index contributed by atoms with van der Waals surface area (Å²) in [4.78, 5) is 15.8. The number of hydrogen-bond acceptors (Lipinski definition) is 3. The zero-order chi connectivity index (χ0) is 21.0. The number of likely N-dealkylation sites (tertiary alicyclic amines) is 1. The molecule has 1 aliphatic heterocycles. The maximum Gasteiger partial charge on any atom is 0.256 e. The van der Waals surface area contributed by atoms with Gasteiger partial charge in [-0.1, -0.05) is 73.5 Å². The second-order valence-electron chi connectivity index (χ2n) is 9.06. The lowest BCUT2D eigenvalue weighted by atomic mass is 9.79. The zero-order valence-electron chi connectivity index (χ0n) is 18.0. The SMILES string of the molecule is C[C@H](c1ccccc1)N1CCC(CNC(=O)C(O)(c2ccccc2)C2CCCC2)C1.